The molecule has 88 valence electrons. The Kier molecular flexibility index (Phi) is 4.36. The van der Waals surface area contributed by atoms with Crippen LogP contribution in [0.15, 0.2) is 12.1 Å². The second kappa shape index (κ2) is 5.35. The molecule has 16 heavy (non-hydrogen) atoms. The van der Waals surface area contributed by atoms with Gasteiger partial charge in [-0.25, -0.2) is 0 Å². The number of hydrogen-bond donors (Lipinski definition) is 1. The molecule has 1 rings (SSSR count). The number of carboxylic acids is 1. The zero-order chi connectivity index (χ0) is 12.3. The molecule has 1 unspecified atom stereocenters. The zero-order valence-electron chi connectivity index (χ0n) is 9.88. The van der Waals surface area contributed by atoms with Gasteiger partial charge in [-0.05, 0) is 48.9 Å². The molecule has 0 saturated carbocycles. The number of benzene rings is 1. The Bertz CT molecular complexity index is 399. The van der Waals surface area contributed by atoms with Crippen molar-refractivity contribution in [3.8, 4) is 0 Å². The topological polar surface area (TPSA) is 37.3 Å². The van der Waals surface area contributed by atoms with E-state index in [1.807, 2.05) is 32.9 Å². The highest BCUT2D eigenvalue weighted by molar-refractivity contribution is 6.31. The summed E-state index contributed by atoms with van der Waals surface area (Å²) < 4.78 is 0. The van der Waals surface area contributed by atoms with E-state index in [-0.39, 0.29) is 12.3 Å². The highest BCUT2D eigenvalue weighted by Gasteiger charge is 2.17. The highest BCUT2D eigenvalue weighted by atomic mass is 35.5. The van der Waals surface area contributed by atoms with Gasteiger partial charge in [0.05, 0.1) is 6.42 Å². The van der Waals surface area contributed by atoms with Gasteiger partial charge in [-0.1, -0.05) is 24.6 Å². The van der Waals surface area contributed by atoms with Crippen molar-refractivity contribution < 1.29 is 9.90 Å². The molecule has 0 aliphatic carbocycles. The summed E-state index contributed by atoms with van der Waals surface area (Å²) >= 11 is 6.17. The first kappa shape index (κ1) is 13.0. The average molecular weight is 241 g/mol. The van der Waals surface area contributed by atoms with Crippen LogP contribution in [0, 0.1) is 13.8 Å². The van der Waals surface area contributed by atoms with Crippen LogP contribution in [0.1, 0.15) is 42.4 Å². The van der Waals surface area contributed by atoms with Crippen LogP contribution >= 0.6 is 11.6 Å². The second-order valence-electron chi connectivity index (χ2n) is 4.16. The molecule has 0 fully saturated rings. The van der Waals surface area contributed by atoms with Crippen molar-refractivity contribution in [3.63, 3.8) is 0 Å². The van der Waals surface area contributed by atoms with Crippen molar-refractivity contribution in [2.45, 2.75) is 39.5 Å². The molecule has 3 heteroatoms. The molecule has 0 amide bonds. The molecule has 2 nitrogen and oxygen atoms in total. The van der Waals surface area contributed by atoms with E-state index in [9.17, 15) is 4.79 Å². The first-order chi connectivity index (χ1) is 7.45. The van der Waals surface area contributed by atoms with Gasteiger partial charge in [0.2, 0.25) is 0 Å². The standard InChI is InChI=1S/C13H17ClO2/c1-4-10(7-13(15)16)11-5-8(2)9(3)6-12(11)14/h5-6,10H,4,7H2,1-3H3,(H,15,16). The quantitative estimate of drug-likeness (QED) is 0.866. The van der Waals surface area contributed by atoms with Crippen LogP contribution < -0.4 is 0 Å². The van der Waals surface area contributed by atoms with Crippen molar-refractivity contribution in [1.82, 2.24) is 0 Å². The number of halogens is 1. The molecule has 0 aliphatic rings. The summed E-state index contributed by atoms with van der Waals surface area (Å²) in [6.07, 6.45) is 0.924. The Balaban J connectivity index is 3.09. The molecule has 0 aromatic heterocycles. The summed E-state index contributed by atoms with van der Waals surface area (Å²) in [4.78, 5) is 10.8. The van der Waals surface area contributed by atoms with Crippen molar-refractivity contribution in [2.75, 3.05) is 0 Å². The fourth-order valence-corrected chi connectivity index (χ4v) is 2.17. The van der Waals surface area contributed by atoms with E-state index >= 15 is 0 Å². The molecule has 0 aliphatic heterocycles. The lowest BCUT2D eigenvalue weighted by molar-refractivity contribution is -0.137. The van der Waals surface area contributed by atoms with E-state index in [1.165, 1.54) is 0 Å². The first-order valence-electron chi connectivity index (χ1n) is 5.44. The fraction of sp³-hybridized carbons (Fsp3) is 0.462. The van der Waals surface area contributed by atoms with E-state index in [0.29, 0.717) is 5.02 Å². The Hall–Kier alpha value is -1.02. The number of hydrogen-bond acceptors (Lipinski definition) is 1. The van der Waals surface area contributed by atoms with Gasteiger partial charge in [0.25, 0.3) is 0 Å². The fourth-order valence-electron chi connectivity index (χ4n) is 1.80. The third-order valence-electron chi connectivity index (χ3n) is 2.97. The predicted molar refractivity (Wildman–Crippen MR) is 66.2 cm³/mol. The minimum atomic E-state index is -0.777. The molecular formula is C13H17ClO2. The van der Waals surface area contributed by atoms with Crippen LogP contribution in [0.25, 0.3) is 0 Å². The number of aryl methyl sites for hydroxylation is 2. The zero-order valence-corrected chi connectivity index (χ0v) is 10.6. The molecule has 0 saturated heterocycles. The van der Waals surface area contributed by atoms with Crippen LogP contribution in [-0.4, -0.2) is 11.1 Å². The first-order valence-corrected chi connectivity index (χ1v) is 5.82. The number of carbonyl (C=O) groups is 1. The van der Waals surface area contributed by atoms with Crippen molar-refractivity contribution in [2.24, 2.45) is 0 Å². The van der Waals surface area contributed by atoms with Crippen molar-refractivity contribution in [1.29, 1.82) is 0 Å². The van der Waals surface area contributed by atoms with Gasteiger partial charge >= 0.3 is 5.97 Å². The van der Waals surface area contributed by atoms with E-state index in [2.05, 4.69) is 0 Å². The molecule has 0 bridgehead atoms. The monoisotopic (exact) mass is 240 g/mol. The molecule has 1 aromatic rings. The normalized spacial score (nSPS) is 12.5. The highest BCUT2D eigenvalue weighted by Crippen LogP contribution is 2.31. The lowest BCUT2D eigenvalue weighted by atomic mass is 9.91. The lowest BCUT2D eigenvalue weighted by Gasteiger charge is -2.16. The average Bonchev–Trinajstić information content (AvgIpc) is 2.20. The van der Waals surface area contributed by atoms with Gasteiger partial charge in [0.15, 0.2) is 0 Å². The van der Waals surface area contributed by atoms with E-state index in [0.717, 1.165) is 23.1 Å². The van der Waals surface area contributed by atoms with Gasteiger partial charge in [0, 0.05) is 5.02 Å². The van der Waals surface area contributed by atoms with Crippen LogP contribution in [0.2, 0.25) is 5.02 Å². The van der Waals surface area contributed by atoms with Crippen LogP contribution in [0.3, 0.4) is 0 Å². The Morgan fingerprint density at radius 3 is 2.44 bits per heavy atom. The molecule has 0 radical (unpaired) electrons. The summed E-state index contributed by atoms with van der Waals surface area (Å²) in [5.74, 6) is -0.773. The number of aliphatic carboxylic acids is 1. The second-order valence-corrected chi connectivity index (χ2v) is 4.57. The van der Waals surface area contributed by atoms with Gasteiger partial charge in [-0.15, -0.1) is 0 Å². The smallest absolute Gasteiger partial charge is 0.303 e. The Morgan fingerprint density at radius 1 is 1.38 bits per heavy atom. The predicted octanol–water partition coefficient (Wildman–Crippen LogP) is 3.93. The molecule has 0 heterocycles. The maximum absolute atomic E-state index is 10.8. The molecule has 1 N–H and O–H groups in total. The van der Waals surface area contributed by atoms with Crippen molar-refractivity contribution >= 4 is 17.6 Å². The van der Waals surface area contributed by atoms with Crippen LogP contribution in [0.4, 0.5) is 0 Å². The van der Waals surface area contributed by atoms with Gasteiger partial charge in [-0.2, -0.15) is 0 Å². The van der Waals surface area contributed by atoms with Gasteiger partial charge < -0.3 is 5.11 Å². The minimum Gasteiger partial charge on any atom is -0.481 e. The van der Waals surface area contributed by atoms with E-state index < -0.39 is 5.97 Å². The summed E-state index contributed by atoms with van der Waals surface area (Å²) in [6.45, 7) is 6.00. The molecular weight excluding hydrogens is 224 g/mol. The summed E-state index contributed by atoms with van der Waals surface area (Å²) in [5, 5.41) is 9.53. The maximum atomic E-state index is 10.8. The summed E-state index contributed by atoms with van der Waals surface area (Å²) in [5.41, 5.74) is 3.25. The van der Waals surface area contributed by atoms with Gasteiger partial charge in [-0.3, -0.25) is 4.79 Å². The third-order valence-corrected chi connectivity index (χ3v) is 3.29. The Morgan fingerprint density at radius 2 is 1.94 bits per heavy atom. The largest absolute Gasteiger partial charge is 0.481 e. The van der Waals surface area contributed by atoms with Crippen molar-refractivity contribution in [3.05, 3.63) is 33.8 Å². The van der Waals surface area contributed by atoms with Crippen LogP contribution in [0.5, 0.6) is 0 Å². The number of rotatable bonds is 4. The Labute approximate surface area is 101 Å². The van der Waals surface area contributed by atoms with E-state index in [4.69, 9.17) is 16.7 Å². The van der Waals surface area contributed by atoms with Gasteiger partial charge in [0.1, 0.15) is 0 Å². The van der Waals surface area contributed by atoms with E-state index in [1.54, 1.807) is 0 Å². The minimum absolute atomic E-state index is 0.00398. The third kappa shape index (κ3) is 2.99. The number of carboxylic acid groups (broad SMARTS) is 1. The molecule has 1 atom stereocenters. The maximum Gasteiger partial charge on any atom is 0.303 e. The lowest BCUT2D eigenvalue weighted by Crippen LogP contribution is -2.06. The summed E-state index contributed by atoms with van der Waals surface area (Å²) in [7, 11) is 0. The molecule has 1 aromatic carbocycles. The van der Waals surface area contributed by atoms with Crippen LogP contribution in [-0.2, 0) is 4.79 Å². The summed E-state index contributed by atoms with van der Waals surface area (Å²) in [6, 6.07) is 3.92. The molecule has 0 spiro atoms. The SMILES string of the molecule is CCC(CC(=O)O)c1cc(C)c(C)cc1Cl.